The fraction of sp³-hybridized carbons (Fsp3) is 1.00. The molecule has 0 aromatic heterocycles. The highest BCUT2D eigenvalue weighted by Crippen LogP contribution is 2.19. The van der Waals surface area contributed by atoms with Crippen LogP contribution in [-0.4, -0.2) is 61.3 Å². The molecule has 0 aromatic rings. The Balaban J connectivity index is 2.32. The van der Waals surface area contributed by atoms with Gasteiger partial charge in [-0.15, -0.1) is 0 Å². The summed E-state index contributed by atoms with van der Waals surface area (Å²) in [6, 6.07) is 0.693. The molecule has 1 aliphatic rings. The highest BCUT2D eigenvalue weighted by atomic mass is 16.3. The highest BCUT2D eigenvalue weighted by Gasteiger charge is 2.30. The van der Waals surface area contributed by atoms with E-state index >= 15 is 0 Å². The number of aliphatic hydroxyl groups is 1. The molecule has 3 heteroatoms. The maximum absolute atomic E-state index is 8.73. The zero-order chi connectivity index (χ0) is 9.84. The predicted octanol–water partition coefficient (Wildman–Crippen LogP) is 0.251. The van der Waals surface area contributed by atoms with Crippen molar-refractivity contribution in [2.24, 2.45) is 5.92 Å². The van der Waals surface area contributed by atoms with Crippen LogP contribution in [0.3, 0.4) is 0 Å². The van der Waals surface area contributed by atoms with Crippen LogP contribution >= 0.6 is 0 Å². The smallest absolute Gasteiger partial charge is 0.0443 e. The average Bonchev–Trinajstić information content (AvgIpc) is 2.43. The van der Waals surface area contributed by atoms with Crippen LogP contribution < -0.4 is 0 Å². The Morgan fingerprint density at radius 1 is 1.38 bits per heavy atom. The molecule has 0 aromatic carbocycles. The molecule has 2 unspecified atom stereocenters. The lowest BCUT2D eigenvalue weighted by atomic mass is 10.1. The van der Waals surface area contributed by atoms with Gasteiger partial charge in [-0.25, -0.2) is 0 Å². The number of likely N-dealkylation sites (N-methyl/N-ethyl adjacent to an activating group) is 1. The van der Waals surface area contributed by atoms with Gasteiger partial charge in [-0.1, -0.05) is 6.92 Å². The molecule has 0 amide bonds. The van der Waals surface area contributed by atoms with Crippen LogP contribution in [-0.2, 0) is 0 Å². The van der Waals surface area contributed by atoms with Crippen molar-refractivity contribution in [2.45, 2.75) is 19.4 Å². The maximum Gasteiger partial charge on any atom is 0.0443 e. The second-order valence-electron chi connectivity index (χ2n) is 4.34. The predicted molar refractivity (Wildman–Crippen MR) is 54.8 cm³/mol. The van der Waals surface area contributed by atoms with Gasteiger partial charge >= 0.3 is 0 Å². The maximum atomic E-state index is 8.73. The average molecular weight is 186 g/mol. The summed E-state index contributed by atoms with van der Waals surface area (Å²) in [7, 11) is 4.30. The van der Waals surface area contributed by atoms with E-state index in [1.165, 1.54) is 6.54 Å². The van der Waals surface area contributed by atoms with Gasteiger partial charge in [-0.05, 0) is 26.4 Å². The van der Waals surface area contributed by atoms with E-state index in [-0.39, 0.29) is 0 Å². The lowest BCUT2D eigenvalue weighted by molar-refractivity contribution is 0.231. The van der Waals surface area contributed by atoms with Crippen molar-refractivity contribution in [3.63, 3.8) is 0 Å². The Labute approximate surface area is 81.3 Å². The first-order valence-corrected chi connectivity index (χ1v) is 5.14. The van der Waals surface area contributed by atoms with Crippen molar-refractivity contribution in [3.8, 4) is 0 Å². The fourth-order valence-corrected chi connectivity index (χ4v) is 2.20. The van der Waals surface area contributed by atoms with Crippen molar-refractivity contribution in [1.82, 2.24) is 9.80 Å². The van der Waals surface area contributed by atoms with E-state index in [1.54, 1.807) is 0 Å². The standard InChI is InChI=1S/C10H22N2O/c1-9-7-12(5-4-6-13)8-10(9)11(2)3/h9-10,13H,4-8H2,1-3H3. The molecule has 1 N–H and O–H groups in total. The van der Waals surface area contributed by atoms with E-state index in [2.05, 4.69) is 30.8 Å². The van der Waals surface area contributed by atoms with Gasteiger partial charge in [0.05, 0.1) is 0 Å². The Morgan fingerprint density at radius 3 is 2.54 bits per heavy atom. The van der Waals surface area contributed by atoms with Crippen molar-refractivity contribution in [3.05, 3.63) is 0 Å². The van der Waals surface area contributed by atoms with Gasteiger partial charge in [0, 0.05) is 32.3 Å². The molecular weight excluding hydrogens is 164 g/mol. The first kappa shape index (κ1) is 11.0. The molecule has 13 heavy (non-hydrogen) atoms. The molecule has 1 saturated heterocycles. The van der Waals surface area contributed by atoms with E-state index in [9.17, 15) is 0 Å². The molecule has 0 radical (unpaired) electrons. The molecule has 0 spiro atoms. The summed E-state index contributed by atoms with van der Waals surface area (Å²) in [6.07, 6.45) is 0.910. The Morgan fingerprint density at radius 2 is 2.08 bits per heavy atom. The monoisotopic (exact) mass is 186 g/mol. The topological polar surface area (TPSA) is 26.7 Å². The third kappa shape index (κ3) is 2.93. The van der Waals surface area contributed by atoms with Gasteiger partial charge in [0.15, 0.2) is 0 Å². The highest BCUT2D eigenvalue weighted by molar-refractivity contribution is 4.86. The summed E-state index contributed by atoms with van der Waals surface area (Å²) in [5.41, 5.74) is 0. The van der Waals surface area contributed by atoms with Gasteiger partial charge in [0.25, 0.3) is 0 Å². The lowest BCUT2D eigenvalue weighted by Gasteiger charge is -2.22. The minimum atomic E-state index is 0.317. The summed E-state index contributed by atoms with van der Waals surface area (Å²) in [5, 5.41) is 8.73. The molecule has 0 bridgehead atoms. The number of nitrogens with zero attached hydrogens (tertiary/aromatic N) is 2. The molecule has 0 saturated carbocycles. The molecule has 1 heterocycles. The zero-order valence-corrected chi connectivity index (χ0v) is 9.03. The quantitative estimate of drug-likeness (QED) is 0.682. The van der Waals surface area contributed by atoms with Crippen LogP contribution in [0.4, 0.5) is 0 Å². The van der Waals surface area contributed by atoms with E-state index in [4.69, 9.17) is 5.11 Å². The second kappa shape index (κ2) is 4.94. The van der Waals surface area contributed by atoms with Crippen LogP contribution in [0.25, 0.3) is 0 Å². The second-order valence-corrected chi connectivity index (χ2v) is 4.34. The third-order valence-corrected chi connectivity index (χ3v) is 2.94. The van der Waals surface area contributed by atoms with Gasteiger partial charge in [0.2, 0.25) is 0 Å². The molecule has 1 aliphatic heterocycles. The largest absolute Gasteiger partial charge is 0.396 e. The fourth-order valence-electron chi connectivity index (χ4n) is 2.20. The number of hydrogen-bond donors (Lipinski definition) is 1. The number of aliphatic hydroxyl groups excluding tert-OH is 1. The van der Waals surface area contributed by atoms with Crippen LogP contribution in [0.2, 0.25) is 0 Å². The van der Waals surface area contributed by atoms with E-state index in [0.717, 1.165) is 25.4 Å². The van der Waals surface area contributed by atoms with Crippen molar-refractivity contribution in [2.75, 3.05) is 40.3 Å². The summed E-state index contributed by atoms with van der Waals surface area (Å²) in [4.78, 5) is 4.76. The van der Waals surface area contributed by atoms with E-state index in [1.807, 2.05) is 0 Å². The number of rotatable bonds is 4. The molecule has 3 nitrogen and oxygen atoms in total. The van der Waals surface area contributed by atoms with Crippen molar-refractivity contribution >= 4 is 0 Å². The van der Waals surface area contributed by atoms with Crippen molar-refractivity contribution in [1.29, 1.82) is 0 Å². The van der Waals surface area contributed by atoms with Crippen LogP contribution in [0.1, 0.15) is 13.3 Å². The van der Waals surface area contributed by atoms with Gasteiger partial charge in [-0.2, -0.15) is 0 Å². The normalized spacial score (nSPS) is 30.2. The SMILES string of the molecule is CC1CN(CCCO)CC1N(C)C. The van der Waals surface area contributed by atoms with Gasteiger partial charge < -0.3 is 14.9 Å². The minimum absolute atomic E-state index is 0.317. The Hall–Kier alpha value is -0.120. The molecule has 78 valence electrons. The van der Waals surface area contributed by atoms with Gasteiger partial charge in [-0.3, -0.25) is 0 Å². The van der Waals surface area contributed by atoms with Gasteiger partial charge in [0.1, 0.15) is 0 Å². The van der Waals surface area contributed by atoms with E-state index in [0.29, 0.717) is 12.6 Å². The van der Waals surface area contributed by atoms with Crippen LogP contribution in [0.15, 0.2) is 0 Å². The van der Waals surface area contributed by atoms with E-state index < -0.39 is 0 Å². The first-order chi connectivity index (χ1) is 6.15. The minimum Gasteiger partial charge on any atom is -0.396 e. The molecule has 1 fully saturated rings. The molecular formula is C10H22N2O. The zero-order valence-electron chi connectivity index (χ0n) is 9.03. The lowest BCUT2D eigenvalue weighted by Crippen LogP contribution is -2.34. The molecule has 2 atom stereocenters. The van der Waals surface area contributed by atoms with Crippen LogP contribution in [0, 0.1) is 5.92 Å². The number of hydrogen-bond acceptors (Lipinski definition) is 3. The van der Waals surface area contributed by atoms with Crippen LogP contribution in [0.5, 0.6) is 0 Å². The molecule has 0 aliphatic carbocycles. The Kier molecular flexibility index (Phi) is 4.16. The Bertz CT molecular complexity index is 150. The summed E-state index contributed by atoms with van der Waals surface area (Å²) < 4.78 is 0. The van der Waals surface area contributed by atoms with Crippen molar-refractivity contribution < 1.29 is 5.11 Å². The summed E-state index contributed by atoms with van der Waals surface area (Å²) >= 11 is 0. The molecule has 1 rings (SSSR count). The summed E-state index contributed by atoms with van der Waals surface area (Å²) in [6.45, 7) is 6.02. The summed E-state index contributed by atoms with van der Waals surface area (Å²) in [5.74, 6) is 0.758. The first-order valence-electron chi connectivity index (χ1n) is 5.14. The third-order valence-electron chi connectivity index (χ3n) is 2.94. The number of likely N-dealkylation sites (tertiary alicyclic amines) is 1.